The van der Waals surface area contributed by atoms with Gasteiger partial charge in [-0.25, -0.2) is 0 Å². The minimum absolute atomic E-state index is 0.0314. The minimum atomic E-state index is -0.0314. The van der Waals surface area contributed by atoms with E-state index in [1.165, 1.54) is 25.4 Å². The Kier molecular flexibility index (Phi) is 4.17. The average molecular weight is 303 g/mol. The van der Waals surface area contributed by atoms with Crippen LogP contribution in [-0.4, -0.2) is 13.7 Å². The van der Waals surface area contributed by atoms with E-state index in [0.717, 1.165) is 13.0 Å². The summed E-state index contributed by atoms with van der Waals surface area (Å²) in [6.07, 6.45) is 0.945. The Morgan fingerprint density at radius 3 is 2.65 bits per heavy atom. The molecular formula is C16H17NOS2. The molecule has 2 N–H and O–H groups in total. The Hall–Kier alpha value is -1.20. The van der Waals surface area contributed by atoms with Gasteiger partial charge in [0.1, 0.15) is 0 Å². The van der Waals surface area contributed by atoms with E-state index in [0.29, 0.717) is 0 Å². The quantitative estimate of drug-likeness (QED) is 0.766. The zero-order chi connectivity index (χ0) is 13.9. The van der Waals surface area contributed by atoms with E-state index < -0.39 is 0 Å². The molecular weight excluding hydrogens is 286 g/mol. The van der Waals surface area contributed by atoms with E-state index in [1.54, 1.807) is 29.8 Å². The SMILES string of the molecule is COCCc1ccc(C(N)c2cc3sccc3s2)cc1. The van der Waals surface area contributed by atoms with E-state index in [4.69, 9.17) is 10.5 Å². The van der Waals surface area contributed by atoms with Crippen molar-refractivity contribution in [3.63, 3.8) is 0 Å². The first kappa shape index (κ1) is 13.8. The van der Waals surface area contributed by atoms with Crippen molar-refractivity contribution in [1.29, 1.82) is 0 Å². The summed E-state index contributed by atoms with van der Waals surface area (Å²) < 4.78 is 7.76. The number of hydrogen-bond acceptors (Lipinski definition) is 4. The van der Waals surface area contributed by atoms with Gasteiger partial charge in [-0.15, -0.1) is 22.7 Å². The second-order valence-corrected chi connectivity index (χ2v) is 6.82. The van der Waals surface area contributed by atoms with Crippen molar-refractivity contribution in [3.8, 4) is 0 Å². The van der Waals surface area contributed by atoms with Gasteiger partial charge in [0.15, 0.2) is 0 Å². The van der Waals surface area contributed by atoms with Gasteiger partial charge in [-0.1, -0.05) is 24.3 Å². The molecule has 2 aromatic heterocycles. The van der Waals surface area contributed by atoms with Crippen molar-refractivity contribution in [2.75, 3.05) is 13.7 Å². The van der Waals surface area contributed by atoms with Gasteiger partial charge >= 0.3 is 0 Å². The van der Waals surface area contributed by atoms with E-state index in [1.807, 2.05) is 0 Å². The molecule has 0 saturated heterocycles. The first-order valence-corrected chi connectivity index (χ1v) is 8.28. The summed E-state index contributed by atoms with van der Waals surface area (Å²) in [5.74, 6) is 0. The highest BCUT2D eigenvalue weighted by Crippen LogP contribution is 2.34. The summed E-state index contributed by atoms with van der Waals surface area (Å²) in [6.45, 7) is 0.757. The molecule has 1 unspecified atom stereocenters. The molecule has 0 saturated carbocycles. The van der Waals surface area contributed by atoms with Crippen molar-refractivity contribution in [1.82, 2.24) is 0 Å². The number of hydrogen-bond donors (Lipinski definition) is 1. The fraction of sp³-hybridized carbons (Fsp3) is 0.250. The van der Waals surface area contributed by atoms with Gasteiger partial charge in [-0.3, -0.25) is 0 Å². The van der Waals surface area contributed by atoms with Crippen LogP contribution < -0.4 is 5.73 Å². The lowest BCUT2D eigenvalue weighted by Crippen LogP contribution is -2.10. The lowest BCUT2D eigenvalue weighted by molar-refractivity contribution is 0.202. The molecule has 3 aromatic rings. The number of fused-ring (bicyclic) bond motifs is 1. The summed E-state index contributed by atoms with van der Waals surface area (Å²) in [4.78, 5) is 1.23. The third kappa shape index (κ3) is 2.79. The Labute approximate surface area is 126 Å². The van der Waals surface area contributed by atoms with Gasteiger partial charge in [0.2, 0.25) is 0 Å². The van der Waals surface area contributed by atoms with Crippen LogP contribution in [0.15, 0.2) is 41.8 Å². The molecule has 1 atom stereocenters. The molecule has 4 heteroatoms. The fourth-order valence-corrected chi connectivity index (χ4v) is 4.36. The van der Waals surface area contributed by atoms with Gasteiger partial charge in [-0.2, -0.15) is 0 Å². The largest absolute Gasteiger partial charge is 0.384 e. The molecule has 0 amide bonds. The fourth-order valence-electron chi connectivity index (χ4n) is 2.21. The third-order valence-corrected chi connectivity index (χ3v) is 5.58. The minimum Gasteiger partial charge on any atom is -0.384 e. The molecule has 0 spiro atoms. The third-order valence-electron chi connectivity index (χ3n) is 3.40. The van der Waals surface area contributed by atoms with Crippen LogP contribution in [0.2, 0.25) is 0 Å². The Morgan fingerprint density at radius 1 is 1.15 bits per heavy atom. The molecule has 0 fully saturated rings. The molecule has 0 aliphatic rings. The van der Waals surface area contributed by atoms with Crippen LogP contribution in [0, 0.1) is 0 Å². The molecule has 0 aliphatic heterocycles. The van der Waals surface area contributed by atoms with Crippen LogP contribution in [0.25, 0.3) is 9.40 Å². The first-order valence-electron chi connectivity index (χ1n) is 6.58. The maximum Gasteiger partial charge on any atom is 0.0646 e. The standard InChI is InChI=1S/C16H17NOS2/c1-18-8-6-11-2-4-12(5-3-11)16(17)15-10-14-13(20-15)7-9-19-14/h2-5,7,9-10,16H,6,8,17H2,1H3. The normalized spacial score (nSPS) is 12.9. The lowest BCUT2D eigenvalue weighted by Gasteiger charge is -2.10. The van der Waals surface area contributed by atoms with Gasteiger partial charge in [0.05, 0.1) is 12.6 Å². The van der Waals surface area contributed by atoms with Crippen molar-refractivity contribution < 1.29 is 4.74 Å². The number of nitrogens with two attached hydrogens (primary N) is 1. The molecule has 3 rings (SSSR count). The van der Waals surface area contributed by atoms with Crippen molar-refractivity contribution >= 4 is 32.1 Å². The van der Waals surface area contributed by atoms with Gasteiger partial charge in [0.25, 0.3) is 0 Å². The van der Waals surface area contributed by atoms with E-state index in [2.05, 4.69) is 41.8 Å². The maximum absolute atomic E-state index is 6.38. The van der Waals surface area contributed by atoms with Gasteiger partial charge in [-0.05, 0) is 35.1 Å². The second-order valence-electron chi connectivity index (χ2n) is 4.76. The highest BCUT2D eigenvalue weighted by molar-refractivity contribution is 7.27. The van der Waals surface area contributed by atoms with E-state index in [-0.39, 0.29) is 6.04 Å². The number of methoxy groups -OCH3 is 1. The lowest BCUT2D eigenvalue weighted by atomic mass is 10.0. The Balaban J connectivity index is 1.79. The van der Waals surface area contributed by atoms with E-state index >= 15 is 0 Å². The molecule has 1 aromatic carbocycles. The van der Waals surface area contributed by atoms with Crippen LogP contribution in [0.4, 0.5) is 0 Å². The van der Waals surface area contributed by atoms with Crippen LogP contribution in [0.1, 0.15) is 22.0 Å². The maximum atomic E-state index is 6.38. The predicted molar refractivity (Wildman–Crippen MR) is 87.8 cm³/mol. The molecule has 104 valence electrons. The van der Waals surface area contributed by atoms with E-state index in [9.17, 15) is 0 Å². The number of ether oxygens (including phenoxy) is 1. The van der Waals surface area contributed by atoms with Gasteiger partial charge in [0, 0.05) is 21.4 Å². The van der Waals surface area contributed by atoms with Crippen molar-refractivity contribution in [2.24, 2.45) is 5.73 Å². The Morgan fingerprint density at radius 2 is 1.95 bits per heavy atom. The van der Waals surface area contributed by atoms with Gasteiger partial charge < -0.3 is 10.5 Å². The molecule has 20 heavy (non-hydrogen) atoms. The van der Waals surface area contributed by atoms with Crippen molar-refractivity contribution in [2.45, 2.75) is 12.5 Å². The monoisotopic (exact) mass is 303 g/mol. The number of benzene rings is 1. The van der Waals surface area contributed by atoms with Crippen molar-refractivity contribution in [3.05, 3.63) is 57.8 Å². The summed E-state index contributed by atoms with van der Waals surface area (Å²) in [5.41, 5.74) is 8.83. The summed E-state index contributed by atoms with van der Waals surface area (Å²) in [5, 5.41) is 2.13. The summed E-state index contributed by atoms with van der Waals surface area (Å²) in [6, 6.07) is 12.9. The van der Waals surface area contributed by atoms with Crippen LogP contribution in [0.5, 0.6) is 0 Å². The second kappa shape index (κ2) is 6.06. The number of thiophene rings is 2. The Bertz CT molecular complexity index is 655. The summed E-state index contributed by atoms with van der Waals surface area (Å²) in [7, 11) is 1.73. The average Bonchev–Trinajstić information content (AvgIpc) is 3.06. The molecule has 2 heterocycles. The van der Waals surface area contributed by atoms with Crippen LogP contribution in [0.3, 0.4) is 0 Å². The predicted octanol–water partition coefficient (Wildman–Crippen LogP) is 4.20. The number of rotatable bonds is 5. The molecule has 0 aliphatic carbocycles. The van der Waals surface area contributed by atoms with Crippen LogP contribution >= 0.6 is 22.7 Å². The zero-order valence-electron chi connectivity index (χ0n) is 11.3. The molecule has 0 bridgehead atoms. The highest BCUT2D eigenvalue weighted by atomic mass is 32.1. The summed E-state index contributed by atoms with van der Waals surface area (Å²) >= 11 is 3.56. The molecule has 0 radical (unpaired) electrons. The first-order chi connectivity index (χ1) is 9.78. The van der Waals surface area contributed by atoms with Crippen LogP contribution in [-0.2, 0) is 11.2 Å². The zero-order valence-corrected chi connectivity index (χ0v) is 13.0. The molecule has 2 nitrogen and oxygen atoms in total. The highest BCUT2D eigenvalue weighted by Gasteiger charge is 2.12. The smallest absolute Gasteiger partial charge is 0.0646 e. The topological polar surface area (TPSA) is 35.2 Å².